The van der Waals surface area contributed by atoms with Gasteiger partial charge in [0, 0.05) is 23.2 Å². The predicted octanol–water partition coefficient (Wildman–Crippen LogP) is 1.31. The van der Waals surface area contributed by atoms with Crippen molar-refractivity contribution >= 4 is 17.4 Å². The lowest BCUT2D eigenvalue weighted by Crippen LogP contribution is -2.07. The summed E-state index contributed by atoms with van der Waals surface area (Å²) in [5.41, 5.74) is 5.69. The molecule has 54 valence electrons. The molecule has 0 aromatic heterocycles. The Bertz CT molecular complexity index is 218. The highest BCUT2D eigenvalue weighted by atomic mass is 35.5. The summed E-state index contributed by atoms with van der Waals surface area (Å²) in [6, 6.07) is 0. The third-order valence-electron chi connectivity index (χ3n) is 1.40. The summed E-state index contributed by atoms with van der Waals surface area (Å²) in [6.45, 7) is 0. The number of carbonyl (C=O) groups is 1. The van der Waals surface area contributed by atoms with Crippen LogP contribution in [0.25, 0.3) is 0 Å². The topological polar surface area (TPSA) is 43.1 Å². The van der Waals surface area contributed by atoms with Crippen LogP contribution in [0, 0.1) is 0 Å². The van der Waals surface area contributed by atoms with E-state index >= 15 is 0 Å². The van der Waals surface area contributed by atoms with Gasteiger partial charge < -0.3 is 5.73 Å². The molecule has 0 spiro atoms. The van der Waals surface area contributed by atoms with Crippen LogP contribution in [0.1, 0.15) is 12.8 Å². The highest BCUT2D eigenvalue weighted by Gasteiger charge is 2.13. The van der Waals surface area contributed by atoms with Gasteiger partial charge in [0.2, 0.25) is 0 Å². The molecule has 2 N–H and O–H groups in total. The van der Waals surface area contributed by atoms with Gasteiger partial charge in [0.15, 0.2) is 5.78 Å². The van der Waals surface area contributed by atoms with Gasteiger partial charge in [0.1, 0.15) is 0 Å². The number of halogens is 1. The SMILES string of the molecule is NC=C1C=C(Cl)CCC1=O. The molecule has 0 aromatic rings. The first kappa shape index (κ1) is 7.35. The van der Waals surface area contributed by atoms with Crippen LogP contribution in [0.2, 0.25) is 0 Å². The largest absolute Gasteiger partial charge is 0.404 e. The molecule has 1 rings (SSSR count). The monoisotopic (exact) mass is 157 g/mol. The highest BCUT2D eigenvalue weighted by molar-refractivity contribution is 6.30. The molecule has 10 heavy (non-hydrogen) atoms. The van der Waals surface area contributed by atoms with E-state index in [-0.39, 0.29) is 5.78 Å². The normalized spacial score (nSPS) is 23.1. The molecule has 0 aliphatic heterocycles. The summed E-state index contributed by atoms with van der Waals surface area (Å²) in [7, 11) is 0. The first-order valence-electron chi connectivity index (χ1n) is 3.05. The molecule has 2 nitrogen and oxygen atoms in total. The molecular weight excluding hydrogens is 150 g/mol. The first-order chi connectivity index (χ1) is 4.74. The number of rotatable bonds is 0. The molecule has 0 unspecified atom stereocenters. The van der Waals surface area contributed by atoms with Crippen molar-refractivity contribution in [1.82, 2.24) is 0 Å². The molecule has 0 bridgehead atoms. The maximum Gasteiger partial charge on any atom is 0.164 e. The quantitative estimate of drug-likeness (QED) is 0.539. The zero-order chi connectivity index (χ0) is 7.56. The highest BCUT2D eigenvalue weighted by Crippen LogP contribution is 2.20. The van der Waals surface area contributed by atoms with Gasteiger partial charge in [-0.2, -0.15) is 0 Å². The van der Waals surface area contributed by atoms with E-state index in [1.165, 1.54) is 6.20 Å². The van der Waals surface area contributed by atoms with Gasteiger partial charge in [-0.1, -0.05) is 11.6 Å². The summed E-state index contributed by atoms with van der Waals surface area (Å²) in [4.78, 5) is 10.9. The fourth-order valence-electron chi connectivity index (χ4n) is 0.840. The number of allylic oxidation sites excluding steroid dienone is 3. The molecule has 0 aromatic carbocycles. The smallest absolute Gasteiger partial charge is 0.164 e. The van der Waals surface area contributed by atoms with E-state index in [1.807, 2.05) is 0 Å². The Morgan fingerprint density at radius 1 is 1.60 bits per heavy atom. The Balaban J connectivity index is 2.89. The van der Waals surface area contributed by atoms with Gasteiger partial charge in [0.05, 0.1) is 0 Å². The lowest BCUT2D eigenvalue weighted by Gasteiger charge is -2.07. The van der Waals surface area contributed by atoms with E-state index < -0.39 is 0 Å². The summed E-state index contributed by atoms with van der Waals surface area (Å²) in [5, 5.41) is 0.705. The second kappa shape index (κ2) is 2.88. The molecular formula is C7H8ClNO. The fourth-order valence-corrected chi connectivity index (χ4v) is 1.05. The number of Topliss-reactive ketones (excluding diaryl/α,β-unsaturated/α-hetero) is 1. The van der Waals surface area contributed by atoms with Gasteiger partial charge in [0.25, 0.3) is 0 Å². The zero-order valence-electron chi connectivity index (χ0n) is 5.43. The lowest BCUT2D eigenvalue weighted by atomic mass is 10.0. The number of nitrogens with two attached hydrogens (primary N) is 1. The second-order valence-electron chi connectivity index (χ2n) is 2.14. The predicted molar refractivity (Wildman–Crippen MR) is 40.4 cm³/mol. The van der Waals surface area contributed by atoms with E-state index in [0.717, 1.165) is 0 Å². The number of ketones is 1. The molecule has 0 atom stereocenters. The van der Waals surface area contributed by atoms with Crippen LogP contribution in [0.5, 0.6) is 0 Å². The van der Waals surface area contributed by atoms with Crippen LogP contribution in [0.15, 0.2) is 22.9 Å². The molecule has 0 fully saturated rings. The Kier molecular flexibility index (Phi) is 2.12. The number of hydrogen-bond acceptors (Lipinski definition) is 2. The van der Waals surface area contributed by atoms with Crippen molar-refractivity contribution in [2.45, 2.75) is 12.8 Å². The van der Waals surface area contributed by atoms with Crippen molar-refractivity contribution in [3.8, 4) is 0 Å². The van der Waals surface area contributed by atoms with Crippen LogP contribution in [-0.2, 0) is 4.79 Å². The van der Waals surface area contributed by atoms with Gasteiger partial charge in [-0.15, -0.1) is 0 Å². The molecule has 0 heterocycles. The third kappa shape index (κ3) is 1.39. The van der Waals surface area contributed by atoms with Gasteiger partial charge >= 0.3 is 0 Å². The Morgan fingerprint density at radius 2 is 2.30 bits per heavy atom. The van der Waals surface area contributed by atoms with Crippen molar-refractivity contribution < 1.29 is 4.79 Å². The van der Waals surface area contributed by atoms with E-state index in [9.17, 15) is 4.79 Å². The summed E-state index contributed by atoms with van der Waals surface area (Å²) >= 11 is 5.67. The van der Waals surface area contributed by atoms with Crippen molar-refractivity contribution in [1.29, 1.82) is 0 Å². The van der Waals surface area contributed by atoms with Crippen LogP contribution < -0.4 is 5.73 Å². The molecule has 0 radical (unpaired) electrons. The summed E-state index contributed by atoms with van der Waals surface area (Å²) < 4.78 is 0. The molecule has 3 heteroatoms. The fraction of sp³-hybridized carbons (Fsp3) is 0.286. The third-order valence-corrected chi connectivity index (χ3v) is 1.70. The van der Waals surface area contributed by atoms with Crippen LogP contribution in [-0.4, -0.2) is 5.78 Å². The summed E-state index contributed by atoms with van der Waals surface area (Å²) in [5.74, 6) is 0.0758. The summed E-state index contributed by atoms with van der Waals surface area (Å²) in [6.07, 6.45) is 4.05. The molecule has 1 aliphatic carbocycles. The number of carbonyl (C=O) groups excluding carboxylic acids is 1. The molecule has 0 saturated carbocycles. The molecule has 1 aliphatic rings. The van der Waals surface area contributed by atoms with Crippen molar-refractivity contribution in [2.75, 3.05) is 0 Å². The minimum atomic E-state index is 0.0758. The second-order valence-corrected chi connectivity index (χ2v) is 2.62. The first-order valence-corrected chi connectivity index (χ1v) is 3.43. The van der Waals surface area contributed by atoms with Crippen LogP contribution in [0.3, 0.4) is 0 Å². The molecule has 0 amide bonds. The van der Waals surface area contributed by atoms with Crippen molar-refractivity contribution in [3.05, 3.63) is 22.9 Å². The lowest BCUT2D eigenvalue weighted by molar-refractivity contribution is -0.115. The Labute approximate surface area is 64.3 Å². The van der Waals surface area contributed by atoms with Gasteiger partial charge in [-0.25, -0.2) is 0 Å². The minimum Gasteiger partial charge on any atom is -0.404 e. The average molecular weight is 158 g/mol. The van der Waals surface area contributed by atoms with Crippen molar-refractivity contribution in [2.24, 2.45) is 5.73 Å². The maximum atomic E-state index is 10.9. The minimum absolute atomic E-state index is 0.0758. The van der Waals surface area contributed by atoms with Gasteiger partial charge in [-0.3, -0.25) is 4.79 Å². The van der Waals surface area contributed by atoms with Crippen LogP contribution in [0.4, 0.5) is 0 Å². The van der Waals surface area contributed by atoms with Crippen LogP contribution >= 0.6 is 11.6 Å². The zero-order valence-corrected chi connectivity index (χ0v) is 6.19. The van der Waals surface area contributed by atoms with Gasteiger partial charge in [-0.05, 0) is 12.5 Å². The average Bonchev–Trinajstić information content (AvgIpc) is 1.94. The standard InChI is InChI=1S/C7H8ClNO/c8-6-1-2-7(10)5(3-6)4-9/h3-4H,1-2,9H2. The molecule has 0 saturated heterocycles. The van der Waals surface area contributed by atoms with E-state index in [4.69, 9.17) is 17.3 Å². The number of hydrogen-bond donors (Lipinski definition) is 1. The maximum absolute atomic E-state index is 10.9. The Morgan fingerprint density at radius 3 is 2.80 bits per heavy atom. The Hall–Kier alpha value is -0.760. The van der Waals surface area contributed by atoms with E-state index in [1.54, 1.807) is 6.08 Å². The van der Waals surface area contributed by atoms with E-state index in [0.29, 0.717) is 23.4 Å². The van der Waals surface area contributed by atoms with Crippen molar-refractivity contribution in [3.63, 3.8) is 0 Å². The van der Waals surface area contributed by atoms with E-state index in [2.05, 4.69) is 0 Å².